The molecule has 0 unspecified atom stereocenters. The zero-order valence-electron chi connectivity index (χ0n) is 12.8. The van der Waals surface area contributed by atoms with Gasteiger partial charge in [-0.25, -0.2) is 4.79 Å². The summed E-state index contributed by atoms with van der Waals surface area (Å²) in [4.78, 5) is 11.5. The fourth-order valence-corrected chi connectivity index (χ4v) is 2.19. The summed E-state index contributed by atoms with van der Waals surface area (Å²) < 4.78 is 11.2. The van der Waals surface area contributed by atoms with Gasteiger partial charge in [0.2, 0.25) is 0 Å². The van der Waals surface area contributed by atoms with E-state index >= 15 is 0 Å². The number of para-hydroxylation sites is 2. The third-order valence-electron chi connectivity index (χ3n) is 3.32. The van der Waals surface area contributed by atoms with Crippen LogP contribution in [-0.2, 0) is 11.2 Å². The molecule has 0 aliphatic heterocycles. The Morgan fingerprint density at radius 2 is 1.73 bits per heavy atom. The van der Waals surface area contributed by atoms with Crippen molar-refractivity contribution < 1.29 is 19.4 Å². The first-order valence-corrected chi connectivity index (χ1v) is 7.27. The molecule has 4 nitrogen and oxygen atoms in total. The molecule has 1 N–H and O–H groups in total. The van der Waals surface area contributed by atoms with Gasteiger partial charge in [-0.15, -0.1) is 0 Å². The van der Waals surface area contributed by atoms with Gasteiger partial charge in [0, 0.05) is 6.42 Å². The van der Waals surface area contributed by atoms with Crippen molar-refractivity contribution in [3.05, 3.63) is 59.7 Å². The smallest absolute Gasteiger partial charge is 0.345 e. The van der Waals surface area contributed by atoms with E-state index in [9.17, 15) is 9.90 Å². The molecule has 0 spiro atoms. The Labute approximate surface area is 130 Å². The Hall–Kier alpha value is -2.49. The van der Waals surface area contributed by atoms with E-state index in [2.05, 4.69) is 0 Å². The maximum absolute atomic E-state index is 11.5. The van der Waals surface area contributed by atoms with E-state index in [0.29, 0.717) is 18.1 Å². The normalized spacial score (nSPS) is 11.7. The number of carboxylic acid groups (broad SMARTS) is 1. The highest BCUT2D eigenvalue weighted by Gasteiger charge is 2.22. The zero-order chi connectivity index (χ0) is 15.9. The standard InChI is InChI=1S/C18H20O4/c1-3-21-16-11-7-5-9-14(16)12-17(18(19)20)22-15-10-6-4-8-13(15)2/h4-11,17H,3,12H2,1-2H3,(H,19,20)/t17-/m0/s1. The summed E-state index contributed by atoms with van der Waals surface area (Å²) in [5, 5.41) is 9.44. The van der Waals surface area contributed by atoms with Crippen LogP contribution in [0.3, 0.4) is 0 Å². The summed E-state index contributed by atoms with van der Waals surface area (Å²) in [6.45, 7) is 4.32. The number of benzene rings is 2. The fraction of sp³-hybridized carbons (Fsp3) is 0.278. The van der Waals surface area contributed by atoms with Crippen molar-refractivity contribution in [1.29, 1.82) is 0 Å². The summed E-state index contributed by atoms with van der Waals surface area (Å²) in [5.74, 6) is 0.294. The van der Waals surface area contributed by atoms with Gasteiger partial charge in [-0.1, -0.05) is 36.4 Å². The second kappa shape index (κ2) is 7.50. The largest absolute Gasteiger partial charge is 0.494 e. The van der Waals surface area contributed by atoms with E-state index in [1.165, 1.54) is 0 Å². The Bertz CT molecular complexity index is 636. The van der Waals surface area contributed by atoms with Crippen LogP contribution in [0.4, 0.5) is 0 Å². The van der Waals surface area contributed by atoms with Gasteiger partial charge in [0.15, 0.2) is 6.10 Å². The van der Waals surface area contributed by atoms with Gasteiger partial charge in [-0.3, -0.25) is 0 Å². The minimum atomic E-state index is -0.991. The van der Waals surface area contributed by atoms with E-state index in [1.54, 1.807) is 6.07 Å². The van der Waals surface area contributed by atoms with Gasteiger partial charge in [-0.2, -0.15) is 0 Å². The van der Waals surface area contributed by atoms with Crippen molar-refractivity contribution >= 4 is 5.97 Å². The SMILES string of the molecule is CCOc1ccccc1C[C@H](Oc1ccccc1C)C(=O)O. The predicted octanol–water partition coefficient (Wildman–Crippen LogP) is 3.47. The van der Waals surface area contributed by atoms with E-state index in [4.69, 9.17) is 9.47 Å². The molecule has 0 radical (unpaired) electrons. The van der Waals surface area contributed by atoms with Crippen LogP contribution in [0.2, 0.25) is 0 Å². The molecule has 0 heterocycles. The Morgan fingerprint density at radius 1 is 1.09 bits per heavy atom. The maximum Gasteiger partial charge on any atom is 0.345 e. The number of hydrogen-bond acceptors (Lipinski definition) is 3. The van der Waals surface area contributed by atoms with Crippen LogP contribution in [0.1, 0.15) is 18.1 Å². The number of aryl methyl sites for hydroxylation is 1. The molecule has 0 saturated heterocycles. The van der Waals surface area contributed by atoms with Gasteiger partial charge in [0.05, 0.1) is 6.61 Å². The highest BCUT2D eigenvalue weighted by atomic mass is 16.5. The molecule has 0 aliphatic carbocycles. The van der Waals surface area contributed by atoms with Gasteiger partial charge in [-0.05, 0) is 37.1 Å². The summed E-state index contributed by atoms with van der Waals surface area (Å²) in [7, 11) is 0. The molecular weight excluding hydrogens is 280 g/mol. The van der Waals surface area contributed by atoms with Crippen LogP contribution >= 0.6 is 0 Å². The number of ether oxygens (including phenoxy) is 2. The molecule has 1 atom stereocenters. The number of aliphatic carboxylic acids is 1. The predicted molar refractivity (Wildman–Crippen MR) is 84.5 cm³/mol. The van der Waals surface area contributed by atoms with E-state index in [0.717, 1.165) is 11.1 Å². The monoisotopic (exact) mass is 300 g/mol. The van der Waals surface area contributed by atoms with E-state index in [-0.39, 0.29) is 6.42 Å². The number of rotatable bonds is 7. The molecule has 2 rings (SSSR count). The van der Waals surface area contributed by atoms with E-state index < -0.39 is 12.1 Å². The molecule has 0 aliphatic rings. The molecule has 2 aromatic carbocycles. The Balaban J connectivity index is 2.20. The molecular formula is C18H20O4. The minimum absolute atomic E-state index is 0.250. The highest BCUT2D eigenvalue weighted by molar-refractivity contribution is 5.73. The summed E-state index contributed by atoms with van der Waals surface area (Å²) in [6, 6.07) is 14.8. The first-order chi connectivity index (χ1) is 10.6. The average Bonchev–Trinajstić information content (AvgIpc) is 2.50. The van der Waals surface area contributed by atoms with Crippen LogP contribution in [0.25, 0.3) is 0 Å². The summed E-state index contributed by atoms with van der Waals surface area (Å²) in [6.07, 6.45) is -0.706. The van der Waals surface area contributed by atoms with Crippen LogP contribution < -0.4 is 9.47 Å². The third kappa shape index (κ3) is 4.01. The number of carboxylic acids is 1. The molecule has 0 saturated carbocycles. The molecule has 116 valence electrons. The van der Waals surface area contributed by atoms with Crippen molar-refractivity contribution in [2.45, 2.75) is 26.4 Å². The van der Waals surface area contributed by atoms with Crippen molar-refractivity contribution in [3.63, 3.8) is 0 Å². The molecule has 2 aromatic rings. The van der Waals surface area contributed by atoms with Crippen LogP contribution in [0.15, 0.2) is 48.5 Å². The Morgan fingerprint density at radius 3 is 2.36 bits per heavy atom. The van der Waals surface area contributed by atoms with Gasteiger partial charge >= 0.3 is 5.97 Å². The van der Waals surface area contributed by atoms with Gasteiger partial charge < -0.3 is 14.6 Å². The molecule has 0 bridgehead atoms. The third-order valence-corrected chi connectivity index (χ3v) is 3.32. The molecule has 0 aromatic heterocycles. The molecule has 4 heteroatoms. The maximum atomic E-state index is 11.5. The number of hydrogen-bond donors (Lipinski definition) is 1. The summed E-state index contributed by atoms with van der Waals surface area (Å²) >= 11 is 0. The average molecular weight is 300 g/mol. The van der Waals surface area contributed by atoms with Gasteiger partial charge in [0.25, 0.3) is 0 Å². The minimum Gasteiger partial charge on any atom is -0.494 e. The molecule has 0 fully saturated rings. The lowest BCUT2D eigenvalue weighted by Crippen LogP contribution is -2.29. The zero-order valence-corrected chi connectivity index (χ0v) is 12.8. The second-order valence-electron chi connectivity index (χ2n) is 4.96. The quantitative estimate of drug-likeness (QED) is 0.850. The van der Waals surface area contributed by atoms with Crippen LogP contribution in [0.5, 0.6) is 11.5 Å². The lowest BCUT2D eigenvalue weighted by Gasteiger charge is -2.18. The number of carbonyl (C=O) groups is 1. The molecule has 0 amide bonds. The van der Waals surface area contributed by atoms with E-state index in [1.807, 2.05) is 56.3 Å². The second-order valence-corrected chi connectivity index (χ2v) is 4.96. The van der Waals surface area contributed by atoms with Crippen molar-refractivity contribution in [2.75, 3.05) is 6.61 Å². The first kappa shape index (κ1) is 15.9. The lowest BCUT2D eigenvalue weighted by molar-refractivity contribution is -0.145. The van der Waals surface area contributed by atoms with Crippen molar-refractivity contribution in [2.24, 2.45) is 0 Å². The van der Waals surface area contributed by atoms with Crippen LogP contribution in [-0.4, -0.2) is 23.8 Å². The lowest BCUT2D eigenvalue weighted by atomic mass is 10.1. The summed E-state index contributed by atoms with van der Waals surface area (Å²) in [5.41, 5.74) is 1.73. The Kier molecular flexibility index (Phi) is 5.42. The fourth-order valence-electron chi connectivity index (χ4n) is 2.19. The van der Waals surface area contributed by atoms with Gasteiger partial charge in [0.1, 0.15) is 11.5 Å². The molecule has 22 heavy (non-hydrogen) atoms. The van der Waals surface area contributed by atoms with Crippen molar-refractivity contribution in [3.8, 4) is 11.5 Å². The van der Waals surface area contributed by atoms with Crippen molar-refractivity contribution in [1.82, 2.24) is 0 Å². The first-order valence-electron chi connectivity index (χ1n) is 7.27. The highest BCUT2D eigenvalue weighted by Crippen LogP contribution is 2.23. The van der Waals surface area contributed by atoms with Crippen LogP contribution in [0, 0.1) is 6.92 Å². The topological polar surface area (TPSA) is 55.8 Å².